The Morgan fingerprint density at radius 3 is 2.78 bits per heavy atom. The van der Waals surface area contributed by atoms with Crippen LogP contribution in [0, 0.1) is 11.8 Å². The van der Waals surface area contributed by atoms with Crippen LogP contribution in [0.1, 0.15) is 13.3 Å². The van der Waals surface area contributed by atoms with Gasteiger partial charge in [-0.3, -0.25) is 4.79 Å². The molecule has 0 amide bonds. The fourth-order valence-corrected chi connectivity index (χ4v) is 1.79. The number of ketones is 1. The first-order valence-electron chi connectivity index (χ1n) is 3.43. The van der Waals surface area contributed by atoms with E-state index in [4.69, 9.17) is 4.74 Å². The number of hydrogen-bond acceptors (Lipinski definition) is 2. The van der Waals surface area contributed by atoms with Gasteiger partial charge in [0.05, 0.1) is 6.10 Å². The second-order valence-electron chi connectivity index (χ2n) is 2.92. The van der Waals surface area contributed by atoms with Crippen LogP contribution >= 0.6 is 0 Å². The Morgan fingerprint density at radius 1 is 1.67 bits per heavy atom. The number of ether oxygens (including phenoxy) is 1. The molecule has 9 heavy (non-hydrogen) atoms. The van der Waals surface area contributed by atoms with Crippen molar-refractivity contribution in [3.05, 3.63) is 0 Å². The van der Waals surface area contributed by atoms with Gasteiger partial charge in [0.2, 0.25) is 0 Å². The van der Waals surface area contributed by atoms with Crippen molar-refractivity contribution in [2.45, 2.75) is 19.4 Å². The van der Waals surface area contributed by atoms with Crippen LogP contribution in [-0.2, 0) is 9.53 Å². The Morgan fingerprint density at radius 2 is 2.44 bits per heavy atom. The van der Waals surface area contributed by atoms with Gasteiger partial charge in [0.1, 0.15) is 5.78 Å². The zero-order valence-corrected chi connectivity index (χ0v) is 5.46. The van der Waals surface area contributed by atoms with Gasteiger partial charge in [0.15, 0.2) is 0 Å². The summed E-state index contributed by atoms with van der Waals surface area (Å²) in [5.41, 5.74) is 0. The first-order chi connectivity index (χ1) is 4.30. The minimum Gasteiger partial charge on any atom is -0.377 e. The molecule has 3 unspecified atom stereocenters. The molecule has 0 aromatic rings. The maximum absolute atomic E-state index is 10.7. The Bertz CT molecular complexity index is 143. The van der Waals surface area contributed by atoms with Gasteiger partial charge in [0, 0.05) is 18.4 Å². The number of carbonyl (C=O) groups excluding carboxylic acids is 1. The summed E-state index contributed by atoms with van der Waals surface area (Å²) in [6.45, 7) is 2.53. The molecule has 0 aromatic heterocycles. The molecule has 2 fully saturated rings. The number of carbonyl (C=O) groups is 1. The summed E-state index contributed by atoms with van der Waals surface area (Å²) in [5, 5.41) is 0. The third kappa shape index (κ3) is 0.628. The molecule has 2 rings (SSSR count). The van der Waals surface area contributed by atoms with Crippen LogP contribution in [0.15, 0.2) is 0 Å². The van der Waals surface area contributed by atoms with E-state index in [1.807, 2.05) is 0 Å². The lowest BCUT2D eigenvalue weighted by Gasteiger charge is -1.96. The highest BCUT2D eigenvalue weighted by Crippen LogP contribution is 2.49. The highest BCUT2D eigenvalue weighted by Gasteiger charge is 2.56. The summed E-state index contributed by atoms with van der Waals surface area (Å²) in [4.78, 5) is 10.7. The molecule has 2 heteroatoms. The molecule has 2 nitrogen and oxygen atoms in total. The van der Waals surface area contributed by atoms with Gasteiger partial charge in [-0.15, -0.1) is 0 Å². The third-order valence-electron chi connectivity index (χ3n) is 2.33. The number of rotatable bonds is 1. The van der Waals surface area contributed by atoms with Crippen molar-refractivity contribution < 1.29 is 9.53 Å². The lowest BCUT2D eigenvalue weighted by atomic mass is 10.2. The largest absolute Gasteiger partial charge is 0.377 e. The monoisotopic (exact) mass is 126 g/mol. The highest BCUT2D eigenvalue weighted by atomic mass is 16.5. The maximum atomic E-state index is 10.7. The van der Waals surface area contributed by atoms with Crippen LogP contribution in [0.2, 0.25) is 0 Å². The van der Waals surface area contributed by atoms with E-state index < -0.39 is 0 Å². The molecule has 3 atom stereocenters. The Balaban J connectivity index is 2.02. The average Bonchev–Trinajstić information content (AvgIpc) is 2.30. The van der Waals surface area contributed by atoms with E-state index in [1.165, 1.54) is 0 Å². The van der Waals surface area contributed by atoms with Crippen LogP contribution < -0.4 is 0 Å². The lowest BCUT2D eigenvalue weighted by Crippen LogP contribution is -2.04. The van der Waals surface area contributed by atoms with Gasteiger partial charge in [-0.25, -0.2) is 0 Å². The third-order valence-corrected chi connectivity index (χ3v) is 2.33. The van der Waals surface area contributed by atoms with Crippen molar-refractivity contribution in [1.29, 1.82) is 0 Å². The smallest absolute Gasteiger partial charge is 0.135 e. The van der Waals surface area contributed by atoms with Crippen molar-refractivity contribution in [2.75, 3.05) is 6.61 Å². The summed E-state index contributed by atoms with van der Waals surface area (Å²) >= 11 is 0. The van der Waals surface area contributed by atoms with E-state index in [-0.39, 0.29) is 5.92 Å². The molecule has 1 aliphatic heterocycles. The Kier molecular flexibility index (Phi) is 0.943. The molecule has 50 valence electrons. The van der Waals surface area contributed by atoms with Crippen LogP contribution in [0.25, 0.3) is 0 Å². The van der Waals surface area contributed by atoms with E-state index in [0.29, 0.717) is 17.8 Å². The minimum absolute atomic E-state index is 0.277. The standard InChI is InChI=1S/C7H10O2/c1-4(8)6-5-2-3-9-7(5)6/h5-7H,2-3H2,1H3. The zero-order valence-electron chi connectivity index (χ0n) is 5.46. The quantitative estimate of drug-likeness (QED) is 0.514. The van der Waals surface area contributed by atoms with Gasteiger partial charge >= 0.3 is 0 Å². The molecule has 1 saturated carbocycles. The Labute approximate surface area is 54.2 Å². The van der Waals surface area contributed by atoms with Gasteiger partial charge in [-0.2, -0.15) is 0 Å². The highest BCUT2D eigenvalue weighted by molar-refractivity contribution is 5.82. The summed E-state index contributed by atoms with van der Waals surface area (Å²) < 4.78 is 5.28. The maximum Gasteiger partial charge on any atom is 0.135 e. The summed E-state index contributed by atoms with van der Waals surface area (Å²) in [7, 11) is 0. The number of hydrogen-bond donors (Lipinski definition) is 0. The first kappa shape index (κ1) is 5.42. The number of Topliss-reactive ketones (excluding diaryl/α,β-unsaturated/α-hetero) is 1. The molecular weight excluding hydrogens is 116 g/mol. The molecule has 0 bridgehead atoms. The summed E-state index contributed by atoms with van der Waals surface area (Å²) in [6.07, 6.45) is 1.43. The molecule has 0 N–H and O–H groups in total. The topological polar surface area (TPSA) is 26.3 Å². The van der Waals surface area contributed by atoms with Gasteiger partial charge in [-0.1, -0.05) is 0 Å². The minimum atomic E-state index is 0.277. The molecule has 0 spiro atoms. The van der Waals surface area contributed by atoms with Crippen molar-refractivity contribution in [3.8, 4) is 0 Å². The van der Waals surface area contributed by atoms with Gasteiger partial charge < -0.3 is 4.74 Å². The molecule has 0 aromatic carbocycles. The average molecular weight is 126 g/mol. The van der Waals surface area contributed by atoms with Crippen molar-refractivity contribution in [3.63, 3.8) is 0 Å². The van der Waals surface area contributed by atoms with E-state index >= 15 is 0 Å². The SMILES string of the molecule is CC(=O)C1C2CCOC21. The normalized spacial score (nSPS) is 46.6. The molecule has 0 radical (unpaired) electrons. The first-order valence-corrected chi connectivity index (χ1v) is 3.43. The van der Waals surface area contributed by atoms with Crippen LogP contribution in [-0.4, -0.2) is 18.5 Å². The lowest BCUT2D eigenvalue weighted by molar-refractivity contribution is -0.119. The summed E-state index contributed by atoms with van der Waals surface area (Å²) in [6, 6.07) is 0. The predicted molar refractivity (Wildman–Crippen MR) is 32.0 cm³/mol. The molecule has 1 saturated heterocycles. The van der Waals surface area contributed by atoms with E-state index in [2.05, 4.69) is 0 Å². The predicted octanol–water partition coefficient (Wildman–Crippen LogP) is 0.610. The van der Waals surface area contributed by atoms with E-state index in [1.54, 1.807) is 6.92 Å². The van der Waals surface area contributed by atoms with Crippen LogP contribution in [0.5, 0.6) is 0 Å². The van der Waals surface area contributed by atoms with Gasteiger partial charge in [-0.05, 0) is 13.3 Å². The molecular formula is C7H10O2. The number of fused-ring (bicyclic) bond motifs is 1. The van der Waals surface area contributed by atoms with Crippen LogP contribution in [0.3, 0.4) is 0 Å². The van der Waals surface area contributed by atoms with Crippen LogP contribution in [0.4, 0.5) is 0 Å². The fourth-order valence-electron chi connectivity index (χ4n) is 1.79. The Hall–Kier alpha value is -0.370. The zero-order chi connectivity index (χ0) is 6.43. The molecule has 1 aliphatic carbocycles. The van der Waals surface area contributed by atoms with E-state index in [9.17, 15) is 4.79 Å². The van der Waals surface area contributed by atoms with Crippen molar-refractivity contribution >= 4 is 5.78 Å². The van der Waals surface area contributed by atoms with Crippen molar-refractivity contribution in [1.82, 2.24) is 0 Å². The van der Waals surface area contributed by atoms with Gasteiger partial charge in [0.25, 0.3) is 0 Å². The second kappa shape index (κ2) is 1.57. The summed E-state index contributed by atoms with van der Waals surface area (Å²) in [5.74, 6) is 1.19. The molecule has 2 aliphatic rings. The van der Waals surface area contributed by atoms with Crippen molar-refractivity contribution in [2.24, 2.45) is 11.8 Å². The van der Waals surface area contributed by atoms with E-state index in [0.717, 1.165) is 13.0 Å². The molecule has 1 heterocycles. The second-order valence-corrected chi connectivity index (χ2v) is 2.92. The fraction of sp³-hybridized carbons (Fsp3) is 0.857.